The van der Waals surface area contributed by atoms with Crippen LogP contribution in [0.25, 0.3) is 0 Å². The average Bonchev–Trinajstić information content (AvgIpc) is 2.81. The second-order valence-electron chi connectivity index (χ2n) is 5.69. The number of fused-ring (bicyclic) bond motifs is 1. The van der Waals surface area contributed by atoms with Crippen LogP contribution in [0.5, 0.6) is 5.75 Å². The molecule has 1 aliphatic rings. The number of Topliss-reactive ketones (excluding diaryl/α,β-unsaturated/α-hetero) is 1. The average molecular weight is 373 g/mol. The number of methoxy groups -OCH3 is 1. The molecule has 0 spiro atoms. The highest BCUT2D eigenvalue weighted by Crippen LogP contribution is 2.28. The number of benzodiazepines with no additional fused rings is 1. The number of esters is 1. The van der Waals surface area contributed by atoms with Crippen molar-refractivity contribution in [3.63, 3.8) is 0 Å². The Balaban J connectivity index is 2.08. The molecule has 0 amide bonds. The number of hydrogen-bond acceptors (Lipinski definition) is 6. The van der Waals surface area contributed by atoms with Crippen LogP contribution in [-0.2, 0) is 14.3 Å². The van der Waals surface area contributed by atoms with E-state index in [1.54, 1.807) is 19.2 Å². The van der Waals surface area contributed by atoms with Crippen molar-refractivity contribution in [2.75, 3.05) is 19.0 Å². The SMILES string of the molecule is COc1ccc2c(c1)C(c1ccc(Cl)cc1)=N[C@@H](OC(=O)C(C)=O)CN2. The molecule has 1 aliphatic heterocycles. The Morgan fingerprint density at radius 3 is 2.58 bits per heavy atom. The predicted molar refractivity (Wildman–Crippen MR) is 99.1 cm³/mol. The van der Waals surface area contributed by atoms with Gasteiger partial charge in [-0.1, -0.05) is 23.7 Å². The summed E-state index contributed by atoms with van der Waals surface area (Å²) in [5.41, 5.74) is 3.03. The van der Waals surface area contributed by atoms with Gasteiger partial charge in [-0.2, -0.15) is 0 Å². The Morgan fingerprint density at radius 1 is 1.19 bits per heavy atom. The third kappa shape index (κ3) is 3.86. The zero-order valence-electron chi connectivity index (χ0n) is 14.3. The normalized spacial score (nSPS) is 15.8. The monoisotopic (exact) mass is 372 g/mol. The number of benzene rings is 2. The minimum absolute atomic E-state index is 0.245. The van der Waals surface area contributed by atoms with Crippen LogP contribution in [0.1, 0.15) is 18.1 Å². The smallest absolute Gasteiger partial charge is 0.376 e. The quantitative estimate of drug-likeness (QED) is 0.659. The Kier molecular flexibility index (Phi) is 5.23. The van der Waals surface area contributed by atoms with E-state index in [1.807, 2.05) is 30.3 Å². The third-order valence-corrected chi connectivity index (χ3v) is 4.12. The van der Waals surface area contributed by atoms with Crippen LogP contribution in [0.3, 0.4) is 0 Å². The van der Waals surface area contributed by atoms with Crippen molar-refractivity contribution in [3.8, 4) is 5.75 Å². The van der Waals surface area contributed by atoms with E-state index < -0.39 is 18.0 Å². The highest BCUT2D eigenvalue weighted by molar-refractivity contribution is 6.32. The van der Waals surface area contributed by atoms with Crippen LogP contribution in [-0.4, -0.2) is 37.3 Å². The fourth-order valence-electron chi connectivity index (χ4n) is 2.57. The fourth-order valence-corrected chi connectivity index (χ4v) is 2.70. The number of ketones is 1. The first-order valence-electron chi connectivity index (χ1n) is 7.95. The zero-order chi connectivity index (χ0) is 18.7. The summed E-state index contributed by atoms with van der Waals surface area (Å²) in [6.07, 6.45) is -0.838. The summed E-state index contributed by atoms with van der Waals surface area (Å²) < 4.78 is 10.5. The Bertz CT molecular complexity index is 878. The minimum atomic E-state index is -0.917. The van der Waals surface area contributed by atoms with E-state index in [0.717, 1.165) is 23.7 Å². The number of anilines is 1. The van der Waals surface area contributed by atoms with Gasteiger partial charge in [-0.15, -0.1) is 0 Å². The van der Waals surface area contributed by atoms with Crippen LogP contribution in [0.4, 0.5) is 5.69 Å². The van der Waals surface area contributed by atoms with E-state index in [4.69, 9.17) is 21.1 Å². The van der Waals surface area contributed by atoms with Gasteiger partial charge in [-0.05, 0) is 30.3 Å². The lowest BCUT2D eigenvalue weighted by Crippen LogP contribution is -2.27. The third-order valence-electron chi connectivity index (χ3n) is 3.87. The van der Waals surface area contributed by atoms with Gasteiger partial charge in [-0.3, -0.25) is 4.79 Å². The maximum Gasteiger partial charge on any atom is 0.376 e. The van der Waals surface area contributed by atoms with Gasteiger partial charge in [0.25, 0.3) is 0 Å². The van der Waals surface area contributed by atoms with Crippen LogP contribution >= 0.6 is 11.6 Å². The molecule has 2 aromatic rings. The fraction of sp³-hybridized carbons (Fsp3) is 0.211. The largest absolute Gasteiger partial charge is 0.497 e. The molecule has 3 rings (SSSR count). The van der Waals surface area contributed by atoms with Crippen molar-refractivity contribution >= 4 is 34.8 Å². The first-order chi connectivity index (χ1) is 12.5. The summed E-state index contributed by atoms with van der Waals surface area (Å²) in [7, 11) is 1.59. The molecular formula is C19H17ClN2O4. The lowest BCUT2D eigenvalue weighted by molar-refractivity contribution is -0.156. The minimum Gasteiger partial charge on any atom is -0.497 e. The highest BCUT2D eigenvalue weighted by atomic mass is 35.5. The molecule has 134 valence electrons. The molecule has 0 radical (unpaired) electrons. The van der Waals surface area contributed by atoms with E-state index in [1.165, 1.54) is 0 Å². The van der Waals surface area contributed by atoms with Crippen molar-refractivity contribution in [1.82, 2.24) is 0 Å². The molecule has 0 fully saturated rings. The summed E-state index contributed by atoms with van der Waals surface area (Å²) in [5, 5.41) is 3.80. The van der Waals surface area contributed by atoms with Gasteiger partial charge < -0.3 is 14.8 Å². The van der Waals surface area contributed by atoms with Crippen molar-refractivity contribution in [3.05, 3.63) is 58.6 Å². The number of hydrogen-bond donors (Lipinski definition) is 1. The first-order valence-corrected chi connectivity index (χ1v) is 8.33. The molecule has 1 heterocycles. The van der Waals surface area contributed by atoms with E-state index in [-0.39, 0.29) is 6.54 Å². The lowest BCUT2D eigenvalue weighted by atomic mass is 10.0. The molecule has 0 saturated carbocycles. The van der Waals surface area contributed by atoms with Crippen molar-refractivity contribution < 1.29 is 19.1 Å². The molecule has 1 atom stereocenters. The summed E-state index contributed by atoms with van der Waals surface area (Å²) in [6.45, 7) is 1.41. The zero-order valence-corrected chi connectivity index (χ0v) is 15.0. The van der Waals surface area contributed by atoms with Gasteiger partial charge in [-0.25, -0.2) is 9.79 Å². The summed E-state index contributed by atoms with van der Waals surface area (Å²) in [5.74, 6) is -0.914. The van der Waals surface area contributed by atoms with Gasteiger partial charge in [0.05, 0.1) is 19.4 Å². The van der Waals surface area contributed by atoms with Crippen LogP contribution < -0.4 is 10.1 Å². The lowest BCUT2D eigenvalue weighted by Gasteiger charge is -2.12. The van der Waals surface area contributed by atoms with Gasteiger partial charge >= 0.3 is 5.97 Å². The first kappa shape index (κ1) is 17.9. The number of rotatable bonds is 4. The molecular weight excluding hydrogens is 356 g/mol. The summed E-state index contributed by atoms with van der Waals surface area (Å²) in [4.78, 5) is 27.5. The molecule has 0 saturated heterocycles. The molecule has 0 aromatic heterocycles. The topological polar surface area (TPSA) is 77.0 Å². The Morgan fingerprint density at radius 2 is 1.92 bits per heavy atom. The molecule has 0 unspecified atom stereocenters. The molecule has 26 heavy (non-hydrogen) atoms. The Labute approximate surface area is 155 Å². The second kappa shape index (κ2) is 7.58. The molecule has 2 aromatic carbocycles. The standard InChI is InChI=1S/C19H17ClN2O4/c1-11(23)19(24)26-17-10-21-16-8-7-14(25-2)9-15(16)18(22-17)12-3-5-13(20)6-4-12/h3-9,17,21H,10H2,1-2H3/t17-/m0/s1. The van der Waals surface area contributed by atoms with E-state index in [0.29, 0.717) is 16.5 Å². The van der Waals surface area contributed by atoms with Crippen molar-refractivity contribution in [1.29, 1.82) is 0 Å². The summed E-state index contributed by atoms with van der Waals surface area (Å²) in [6, 6.07) is 12.7. The number of nitrogens with one attached hydrogen (secondary N) is 1. The van der Waals surface area contributed by atoms with Crippen molar-refractivity contribution in [2.24, 2.45) is 4.99 Å². The van der Waals surface area contributed by atoms with Crippen LogP contribution in [0, 0.1) is 0 Å². The van der Waals surface area contributed by atoms with E-state index in [9.17, 15) is 9.59 Å². The second-order valence-corrected chi connectivity index (χ2v) is 6.13. The van der Waals surface area contributed by atoms with Crippen molar-refractivity contribution in [2.45, 2.75) is 13.2 Å². The van der Waals surface area contributed by atoms with Gasteiger partial charge in [0.1, 0.15) is 5.75 Å². The summed E-state index contributed by atoms with van der Waals surface area (Å²) >= 11 is 5.98. The van der Waals surface area contributed by atoms with Crippen LogP contribution in [0.2, 0.25) is 5.02 Å². The maximum absolute atomic E-state index is 11.7. The van der Waals surface area contributed by atoms with Gasteiger partial charge in [0, 0.05) is 28.8 Å². The van der Waals surface area contributed by atoms with Gasteiger partial charge in [0.15, 0.2) is 0 Å². The number of nitrogens with zero attached hydrogens (tertiary/aromatic N) is 1. The highest BCUT2D eigenvalue weighted by Gasteiger charge is 2.23. The number of carbonyl (C=O) groups excluding carboxylic acids is 2. The molecule has 0 bridgehead atoms. The Hall–Kier alpha value is -2.86. The number of carbonyl (C=O) groups is 2. The predicted octanol–water partition coefficient (Wildman–Crippen LogP) is 3.07. The molecule has 0 aliphatic carbocycles. The van der Waals surface area contributed by atoms with E-state index >= 15 is 0 Å². The molecule has 6 nitrogen and oxygen atoms in total. The molecule has 1 N–H and O–H groups in total. The molecule has 7 heteroatoms. The number of aliphatic imine (C=N–C) groups is 1. The van der Waals surface area contributed by atoms with Gasteiger partial charge in [0.2, 0.25) is 12.0 Å². The number of ether oxygens (including phenoxy) is 2. The number of halogens is 1. The van der Waals surface area contributed by atoms with E-state index in [2.05, 4.69) is 10.3 Å². The maximum atomic E-state index is 11.7. The van der Waals surface area contributed by atoms with Crippen LogP contribution in [0.15, 0.2) is 47.5 Å².